The summed E-state index contributed by atoms with van der Waals surface area (Å²) in [5, 5.41) is 11.7. The highest BCUT2D eigenvalue weighted by Gasteiger charge is 2.40. The molecule has 3 fully saturated rings. The Labute approximate surface area is 213 Å². The van der Waals surface area contributed by atoms with Gasteiger partial charge in [-0.25, -0.2) is 4.68 Å². The van der Waals surface area contributed by atoms with E-state index in [2.05, 4.69) is 49.7 Å². The van der Waals surface area contributed by atoms with Crippen LogP contribution in [0.3, 0.4) is 0 Å². The van der Waals surface area contributed by atoms with Gasteiger partial charge < -0.3 is 15.5 Å². The molecule has 3 aliphatic rings. The summed E-state index contributed by atoms with van der Waals surface area (Å²) in [6.07, 6.45) is 9.20. The molecule has 35 heavy (non-hydrogen) atoms. The highest BCUT2D eigenvalue weighted by molar-refractivity contribution is 7.80. The number of likely N-dealkylation sites (N-methyl/N-ethyl adjacent to an activating group) is 1. The van der Waals surface area contributed by atoms with Gasteiger partial charge in [-0.1, -0.05) is 6.07 Å². The van der Waals surface area contributed by atoms with Gasteiger partial charge in [-0.3, -0.25) is 9.88 Å². The van der Waals surface area contributed by atoms with E-state index in [-0.39, 0.29) is 0 Å². The van der Waals surface area contributed by atoms with Crippen molar-refractivity contribution in [3.8, 4) is 5.69 Å². The minimum Gasteiger partial charge on any atom is -0.361 e. The van der Waals surface area contributed by atoms with Crippen LogP contribution in [-0.4, -0.2) is 75.5 Å². The van der Waals surface area contributed by atoms with Gasteiger partial charge in [-0.05, 0) is 93.0 Å². The molecule has 184 valence electrons. The number of thiocarbonyl (C=S) groups is 1. The second kappa shape index (κ2) is 11.3. The molecule has 1 unspecified atom stereocenters. The Balaban J connectivity index is 1.05. The third kappa shape index (κ3) is 6.25. The molecule has 7 nitrogen and oxygen atoms in total. The third-order valence-corrected chi connectivity index (χ3v) is 7.67. The topological polar surface area (TPSA) is 61.3 Å². The minimum absolute atomic E-state index is 0.561. The molecule has 0 aliphatic carbocycles. The third-order valence-electron chi connectivity index (χ3n) is 7.43. The molecule has 3 aromatic rings. The quantitative estimate of drug-likeness (QED) is 0.447. The average Bonchev–Trinajstić information content (AvgIpc) is 3.43. The van der Waals surface area contributed by atoms with Crippen molar-refractivity contribution < 1.29 is 0 Å². The summed E-state index contributed by atoms with van der Waals surface area (Å²) in [7, 11) is 2.26. The van der Waals surface area contributed by atoms with Crippen LogP contribution < -0.4 is 10.6 Å². The van der Waals surface area contributed by atoms with Crippen molar-refractivity contribution in [1.82, 2.24) is 29.9 Å². The molecule has 0 radical (unpaired) electrons. The van der Waals surface area contributed by atoms with E-state index in [0.717, 1.165) is 42.7 Å². The first-order valence-electron chi connectivity index (χ1n) is 12.6. The van der Waals surface area contributed by atoms with E-state index in [1.54, 1.807) is 6.20 Å². The number of aromatic nitrogens is 3. The number of nitrogens with zero attached hydrogens (tertiary/aromatic N) is 5. The summed E-state index contributed by atoms with van der Waals surface area (Å²) < 4.78 is 1.85. The van der Waals surface area contributed by atoms with Gasteiger partial charge in [-0.2, -0.15) is 5.10 Å². The van der Waals surface area contributed by atoms with Crippen LogP contribution in [0.2, 0.25) is 0 Å². The lowest BCUT2D eigenvalue weighted by molar-refractivity contribution is -0.00757. The van der Waals surface area contributed by atoms with Crippen molar-refractivity contribution in [3.63, 3.8) is 0 Å². The first-order chi connectivity index (χ1) is 17.1. The standard InChI is InChI=1S/C27H35N7S/c1-32(15-11-23-5-2-3-12-28-23)19-22-20-33-16-10-21(22)17-26(33)18-29-27(35)31-24-6-8-25(9-7-24)34-14-4-13-30-34/h2-9,12-14,21-22,26H,10-11,15-20H2,1H3,(H2,29,31,35)/t21-,22+,26+/m0/s1. The van der Waals surface area contributed by atoms with Gasteiger partial charge in [0.25, 0.3) is 0 Å². The molecule has 4 atom stereocenters. The number of rotatable bonds is 9. The van der Waals surface area contributed by atoms with Crippen molar-refractivity contribution in [2.45, 2.75) is 25.3 Å². The number of pyridine rings is 1. The molecule has 2 N–H and O–H groups in total. The van der Waals surface area contributed by atoms with E-state index in [9.17, 15) is 0 Å². The van der Waals surface area contributed by atoms with E-state index in [1.807, 2.05) is 53.5 Å². The van der Waals surface area contributed by atoms with Gasteiger partial charge in [0.2, 0.25) is 0 Å². The molecule has 3 saturated heterocycles. The summed E-state index contributed by atoms with van der Waals surface area (Å²) in [6.45, 7) is 5.53. The van der Waals surface area contributed by atoms with Crippen molar-refractivity contribution in [2.24, 2.45) is 11.8 Å². The van der Waals surface area contributed by atoms with E-state index in [0.29, 0.717) is 11.2 Å². The first-order valence-corrected chi connectivity index (χ1v) is 13.0. The lowest BCUT2D eigenvalue weighted by Gasteiger charge is -2.50. The number of piperidine rings is 3. The monoisotopic (exact) mass is 489 g/mol. The highest BCUT2D eigenvalue weighted by atomic mass is 32.1. The van der Waals surface area contributed by atoms with Crippen LogP contribution in [0.1, 0.15) is 18.5 Å². The molecule has 0 spiro atoms. The molecular formula is C27H35N7S. The van der Waals surface area contributed by atoms with E-state index in [1.165, 1.54) is 38.2 Å². The number of nitrogens with one attached hydrogen (secondary N) is 2. The molecule has 2 bridgehead atoms. The van der Waals surface area contributed by atoms with Crippen LogP contribution in [0.25, 0.3) is 5.69 Å². The van der Waals surface area contributed by atoms with Crippen LogP contribution in [-0.2, 0) is 6.42 Å². The minimum atomic E-state index is 0.561. The van der Waals surface area contributed by atoms with Crippen molar-refractivity contribution in [1.29, 1.82) is 0 Å². The average molecular weight is 490 g/mol. The van der Waals surface area contributed by atoms with E-state index >= 15 is 0 Å². The Morgan fingerprint density at radius 1 is 1.14 bits per heavy atom. The summed E-state index contributed by atoms with van der Waals surface area (Å²) >= 11 is 5.58. The fourth-order valence-electron chi connectivity index (χ4n) is 5.52. The Hall–Kier alpha value is -2.81. The maximum atomic E-state index is 5.58. The Kier molecular flexibility index (Phi) is 7.71. The zero-order valence-electron chi connectivity index (χ0n) is 20.4. The summed E-state index contributed by atoms with van der Waals surface area (Å²) in [4.78, 5) is 9.62. The molecule has 6 rings (SSSR count). The Morgan fingerprint density at radius 3 is 2.74 bits per heavy atom. The maximum absolute atomic E-state index is 5.58. The maximum Gasteiger partial charge on any atom is 0.170 e. The second-order valence-corrected chi connectivity index (χ2v) is 10.3. The molecule has 0 amide bonds. The molecule has 3 aliphatic heterocycles. The first kappa shape index (κ1) is 23.9. The molecule has 1 aromatic carbocycles. The molecule has 2 aromatic heterocycles. The van der Waals surface area contributed by atoms with Crippen molar-refractivity contribution in [3.05, 3.63) is 72.8 Å². The number of hydrogen-bond acceptors (Lipinski definition) is 5. The number of anilines is 1. The highest BCUT2D eigenvalue weighted by Crippen LogP contribution is 2.36. The lowest BCUT2D eigenvalue weighted by Crippen LogP contribution is -2.58. The predicted octanol–water partition coefficient (Wildman–Crippen LogP) is 3.44. The predicted molar refractivity (Wildman–Crippen MR) is 145 cm³/mol. The van der Waals surface area contributed by atoms with Crippen molar-refractivity contribution >= 4 is 23.0 Å². The zero-order chi connectivity index (χ0) is 24.0. The van der Waals surface area contributed by atoms with Gasteiger partial charge in [0, 0.05) is 68.6 Å². The van der Waals surface area contributed by atoms with Gasteiger partial charge >= 0.3 is 0 Å². The van der Waals surface area contributed by atoms with Gasteiger partial charge in [0.05, 0.1) is 5.69 Å². The van der Waals surface area contributed by atoms with Crippen LogP contribution in [0, 0.1) is 11.8 Å². The second-order valence-electron chi connectivity index (χ2n) is 9.86. The molecule has 5 heterocycles. The van der Waals surface area contributed by atoms with Crippen molar-refractivity contribution in [2.75, 3.05) is 45.1 Å². The van der Waals surface area contributed by atoms with Crippen LogP contribution in [0.5, 0.6) is 0 Å². The smallest absolute Gasteiger partial charge is 0.170 e. The van der Waals surface area contributed by atoms with E-state index < -0.39 is 0 Å². The largest absolute Gasteiger partial charge is 0.361 e. The fourth-order valence-corrected chi connectivity index (χ4v) is 5.72. The number of fused-ring (bicyclic) bond motifs is 3. The number of benzene rings is 1. The van der Waals surface area contributed by atoms with Gasteiger partial charge in [0.15, 0.2) is 5.11 Å². The zero-order valence-corrected chi connectivity index (χ0v) is 21.2. The van der Waals surface area contributed by atoms with Crippen LogP contribution >= 0.6 is 12.2 Å². The Morgan fingerprint density at radius 2 is 2.03 bits per heavy atom. The molecule has 0 saturated carbocycles. The fraction of sp³-hybridized carbons (Fsp3) is 0.444. The van der Waals surface area contributed by atoms with Gasteiger partial charge in [-0.15, -0.1) is 0 Å². The van der Waals surface area contributed by atoms with E-state index in [4.69, 9.17) is 12.2 Å². The summed E-state index contributed by atoms with van der Waals surface area (Å²) in [5.41, 5.74) is 3.19. The van der Waals surface area contributed by atoms with Gasteiger partial charge in [0.1, 0.15) is 0 Å². The van der Waals surface area contributed by atoms with Crippen LogP contribution in [0.4, 0.5) is 5.69 Å². The van der Waals surface area contributed by atoms with Crippen LogP contribution in [0.15, 0.2) is 67.1 Å². The SMILES string of the molecule is CN(CCc1ccccn1)C[C@@H]1CN2CC[C@H]1C[C@@H]2CNC(=S)Nc1ccc(-n2cccn2)cc1. The molecular weight excluding hydrogens is 454 g/mol. The number of hydrogen-bond donors (Lipinski definition) is 2. The summed E-state index contributed by atoms with van der Waals surface area (Å²) in [6, 6.07) is 16.8. The normalized spacial score (nSPS) is 23.4. The lowest BCUT2D eigenvalue weighted by atomic mass is 9.75. The Bertz CT molecular complexity index is 1070. The molecule has 8 heteroatoms. The summed E-state index contributed by atoms with van der Waals surface area (Å²) in [5.74, 6) is 1.56.